The number of ether oxygens (including phenoxy) is 1. The molecule has 0 aliphatic carbocycles. The van der Waals surface area contributed by atoms with E-state index in [4.69, 9.17) is 10.5 Å². The fourth-order valence-corrected chi connectivity index (χ4v) is 1.46. The van der Waals surface area contributed by atoms with Crippen molar-refractivity contribution in [2.45, 2.75) is 26.3 Å². The van der Waals surface area contributed by atoms with E-state index in [2.05, 4.69) is 0 Å². The van der Waals surface area contributed by atoms with Crippen molar-refractivity contribution in [1.29, 1.82) is 0 Å². The molecule has 0 spiro atoms. The van der Waals surface area contributed by atoms with Crippen LogP contribution in [0.1, 0.15) is 20.3 Å². The molecule has 2 unspecified atom stereocenters. The monoisotopic (exact) mass is 171 g/mol. The van der Waals surface area contributed by atoms with Crippen molar-refractivity contribution in [3.8, 4) is 0 Å². The van der Waals surface area contributed by atoms with Crippen LogP contribution in [0.25, 0.3) is 0 Å². The number of carbonyl (C=O) groups excluding carboxylic acids is 1. The maximum absolute atomic E-state index is 11.5. The molecule has 1 aliphatic heterocycles. The standard InChI is InChI=1S/C9H17NO2/c1-6(2)3-9(11)7-4-12-5-8(7)10/h6-8H,3-5,10H2,1-2H3. The van der Waals surface area contributed by atoms with Crippen LogP contribution in [0.5, 0.6) is 0 Å². The molecule has 1 heterocycles. The van der Waals surface area contributed by atoms with Crippen LogP contribution in [-0.2, 0) is 9.53 Å². The summed E-state index contributed by atoms with van der Waals surface area (Å²) in [6.45, 7) is 5.14. The highest BCUT2D eigenvalue weighted by Gasteiger charge is 2.30. The van der Waals surface area contributed by atoms with Crippen molar-refractivity contribution in [3.05, 3.63) is 0 Å². The number of Topliss-reactive ketones (excluding diaryl/α,β-unsaturated/α-hetero) is 1. The van der Waals surface area contributed by atoms with Gasteiger partial charge in [0.05, 0.1) is 19.1 Å². The first-order chi connectivity index (χ1) is 5.61. The van der Waals surface area contributed by atoms with Gasteiger partial charge < -0.3 is 10.5 Å². The SMILES string of the molecule is CC(C)CC(=O)C1COCC1N. The molecule has 1 fully saturated rings. The summed E-state index contributed by atoms with van der Waals surface area (Å²) in [4.78, 5) is 11.5. The topological polar surface area (TPSA) is 52.3 Å². The van der Waals surface area contributed by atoms with Crippen molar-refractivity contribution in [1.82, 2.24) is 0 Å². The number of nitrogens with two attached hydrogens (primary N) is 1. The molecule has 3 heteroatoms. The molecule has 0 saturated carbocycles. The maximum atomic E-state index is 11.5. The molecular formula is C9H17NO2. The Morgan fingerprint density at radius 3 is 2.67 bits per heavy atom. The summed E-state index contributed by atoms with van der Waals surface area (Å²) in [5.41, 5.74) is 5.71. The summed E-state index contributed by atoms with van der Waals surface area (Å²) in [6.07, 6.45) is 0.627. The number of hydrogen-bond acceptors (Lipinski definition) is 3. The van der Waals surface area contributed by atoms with Crippen molar-refractivity contribution >= 4 is 5.78 Å². The summed E-state index contributed by atoms with van der Waals surface area (Å²) in [5.74, 6) is 0.632. The van der Waals surface area contributed by atoms with Gasteiger partial charge in [0.2, 0.25) is 0 Å². The van der Waals surface area contributed by atoms with E-state index in [0.29, 0.717) is 25.6 Å². The van der Waals surface area contributed by atoms with Gasteiger partial charge in [-0.05, 0) is 5.92 Å². The Labute approximate surface area is 73.3 Å². The van der Waals surface area contributed by atoms with Crippen LogP contribution in [0.2, 0.25) is 0 Å². The maximum Gasteiger partial charge on any atom is 0.140 e. The first kappa shape index (κ1) is 9.68. The normalized spacial score (nSPS) is 29.7. The lowest BCUT2D eigenvalue weighted by molar-refractivity contribution is -0.123. The molecule has 1 saturated heterocycles. The van der Waals surface area contributed by atoms with Gasteiger partial charge in [0.15, 0.2) is 0 Å². The van der Waals surface area contributed by atoms with Gasteiger partial charge in [0.1, 0.15) is 5.78 Å². The van der Waals surface area contributed by atoms with Gasteiger partial charge in [-0.15, -0.1) is 0 Å². The molecular weight excluding hydrogens is 154 g/mol. The molecule has 3 nitrogen and oxygen atoms in total. The molecule has 0 aromatic rings. The molecule has 0 bridgehead atoms. The van der Waals surface area contributed by atoms with Gasteiger partial charge in [-0.1, -0.05) is 13.8 Å². The second-order valence-electron chi connectivity index (χ2n) is 3.87. The highest BCUT2D eigenvalue weighted by Crippen LogP contribution is 2.16. The highest BCUT2D eigenvalue weighted by atomic mass is 16.5. The zero-order valence-electron chi connectivity index (χ0n) is 7.75. The highest BCUT2D eigenvalue weighted by molar-refractivity contribution is 5.82. The lowest BCUT2D eigenvalue weighted by atomic mass is 9.93. The number of carbonyl (C=O) groups is 1. The smallest absolute Gasteiger partial charge is 0.140 e. The van der Waals surface area contributed by atoms with E-state index in [-0.39, 0.29) is 17.7 Å². The lowest BCUT2D eigenvalue weighted by Gasteiger charge is -2.12. The third-order valence-corrected chi connectivity index (χ3v) is 2.15. The minimum absolute atomic E-state index is 0.0487. The number of rotatable bonds is 3. The summed E-state index contributed by atoms with van der Waals surface area (Å²) in [7, 11) is 0. The minimum atomic E-state index is -0.0729. The van der Waals surface area contributed by atoms with Crippen LogP contribution < -0.4 is 5.73 Å². The molecule has 0 radical (unpaired) electrons. The van der Waals surface area contributed by atoms with Crippen LogP contribution in [0.15, 0.2) is 0 Å². The third-order valence-electron chi connectivity index (χ3n) is 2.15. The molecule has 1 aliphatic rings. The van der Waals surface area contributed by atoms with Gasteiger partial charge in [0.25, 0.3) is 0 Å². The largest absolute Gasteiger partial charge is 0.379 e. The van der Waals surface area contributed by atoms with Gasteiger partial charge in [-0.2, -0.15) is 0 Å². The van der Waals surface area contributed by atoms with Crippen LogP contribution in [-0.4, -0.2) is 25.0 Å². The van der Waals surface area contributed by atoms with E-state index in [1.807, 2.05) is 13.8 Å². The molecule has 2 atom stereocenters. The van der Waals surface area contributed by atoms with E-state index in [9.17, 15) is 4.79 Å². The molecule has 2 N–H and O–H groups in total. The van der Waals surface area contributed by atoms with E-state index < -0.39 is 0 Å². The molecule has 0 amide bonds. The molecule has 1 rings (SSSR count). The average molecular weight is 171 g/mol. The van der Waals surface area contributed by atoms with E-state index in [0.717, 1.165) is 0 Å². The van der Waals surface area contributed by atoms with Gasteiger partial charge >= 0.3 is 0 Å². The van der Waals surface area contributed by atoms with Crippen LogP contribution in [0.4, 0.5) is 0 Å². The summed E-state index contributed by atoms with van der Waals surface area (Å²) >= 11 is 0. The first-order valence-corrected chi connectivity index (χ1v) is 4.47. The Morgan fingerprint density at radius 1 is 1.58 bits per heavy atom. The number of hydrogen-bond donors (Lipinski definition) is 1. The van der Waals surface area contributed by atoms with Crippen molar-refractivity contribution < 1.29 is 9.53 Å². The Kier molecular flexibility index (Phi) is 3.23. The predicted molar refractivity (Wildman–Crippen MR) is 46.7 cm³/mol. The average Bonchev–Trinajstić information content (AvgIpc) is 2.33. The quantitative estimate of drug-likeness (QED) is 0.675. The Balaban J connectivity index is 2.41. The zero-order valence-corrected chi connectivity index (χ0v) is 7.75. The Hall–Kier alpha value is -0.410. The second-order valence-corrected chi connectivity index (χ2v) is 3.87. The van der Waals surface area contributed by atoms with Crippen molar-refractivity contribution in [2.75, 3.05) is 13.2 Å². The molecule has 12 heavy (non-hydrogen) atoms. The summed E-state index contributed by atoms with van der Waals surface area (Å²) in [5, 5.41) is 0. The Bertz CT molecular complexity index is 168. The molecule has 70 valence electrons. The van der Waals surface area contributed by atoms with Crippen molar-refractivity contribution in [2.24, 2.45) is 17.6 Å². The first-order valence-electron chi connectivity index (χ1n) is 4.47. The van der Waals surface area contributed by atoms with Gasteiger partial charge in [0, 0.05) is 12.5 Å². The van der Waals surface area contributed by atoms with Crippen LogP contribution >= 0.6 is 0 Å². The van der Waals surface area contributed by atoms with Gasteiger partial charge in [-0.3, -0.25) is 4.79 Å². The molecule has 0 aromatic carbocycles. The van der Waals surface area contributed by atoms with E-state index in [1.54, 1.807) is 0 Å². The fourth-order valence-electron chi connectivity index (χ4n) is 1.46. The predicted octanol–water partition coefficient (Wildman–Crippen LogP) is 0.575. The molecule has 0 aromatic heterocycles. The second kappa shape index (κ2) is 4.01. The van der Waals surface area contributed by atoms with E-state index in [1.165, 1.54) is 0 Å². The minimum Gasteiger partial charge on any atom is -0.379 e. The van der Waals surface area contributed by atoms with Crippen LogP contribution in [0.3, 0.4) is 0 Å². The fraction of sp³-hybridized carbons (Fsp3) is 0.889. The van der Waals surface area contributed by atoms with E-state index >= 15 is 0 Å². The number of ketones is 1. The lowest BCUT2D eigenvalue weighted by Crippen LogP contribution is -2.34. The summed E-state index contributed by atoms with van der Waals surface area (Å²) in [6, 6.07) is -0.0729. The Morgan fingerprint density at radius 2 is 2.25 bits per heavy atom. The van der Waals surface area contributed by atoms with Crippen molar-refractivity contribution in [3.63, 3.8) is 0 Å². The summed E-state index contributed by atoms with van der Waals surface area (Å²) < 4.78 is 5.13. The van der Waals surface area contributed by atoms with Gasteiger partial charge in [-0.25, -0.2) is 0 Å². The zero-order chi connectivity index (χ0) is 9.14. The van der Waals surface area contributed by atoms with Crippen LogP contribution in [0, 0.1) is 11.8 Å². The third kappa shape index (κ3) is 2.29.